The SMILES string of the molecule is Cc1c(Br)ccc(NC(=O)CCN2C(=O)[C@H]3[C@@H]4C=C[C@@H]([C@H]5C[C@H]45)[C@@H]3C2=O)c1C. The normalized spacial score (nSPS) is 34.5. The monoisotopic (exact) mass is 442 g/mol. The first-order valence-corrected chi connectivity index (χ1v) is 10.8. The van der Waals surface area contributed by atoms with Crippen molar-refractivity contribution < 1.29 is 14.4 Å². The fourth-order valence-electron chi connectivity index (χ4n) is 5.59. The summed E-state index contributed by atoms with van der Waals surface area (Å²) in [7, 11) is 0. The van der Waals surface area contributed by atoms with Crippen LogP contribution in [0.1, 0.15) is 24.0 Å². The number of allylic oxidation sites excluding steroid dienone is 2. The maximum Gasteiger partial charge on any atom is 0.233 e. The number of rotatable bonds is 4. The molecule has 2 bridgehead atoms. The average molecular weight is 443 g/mol. The van der Waals surface area contributed by atoms with Crippen LogP contribution in [-0.4, -0.2) is 29.2 Å². The van der Waals surface area contributed by atoms with Crippen molar-refractivity contribution in [1.29, 1.82) is 0 Å². The number of carbonyl (C=O) groups is 3. The van der Waals surface area contributed by atoms with Crippen LogP contribution in [0.25, 0.3) is 0 Å². The van der Waals surface area contributed by atoms with Crippen molar-refractivity contribution in [2.24, 2.45) is 35.5 Å². The predicted octanol–water partition coefficient (Wildman–Crippen LogP) is 3.45. The van der Waals surface area contributed by atoms with Gasteiger partial charge in [0.2, 0.25) is 17.7 Å². The number of likely N-dealkylation sites (tertiary alicyclic amines) is 1. The van der Waals surface area contributed by atoms with Crippen LogP contribution in [0.5, 0.6) is 0 Å². The number of benzene rings is 1. The van der Waals surface area contributed by atoms with Crippen LogP contribution in [0.2, 0.25) is 0 Å². The van der Waals surface area contributed by atoms with Crippen LogP contribution in [0.4, 0.5) is 5.69 Å². The summed E-state index contributed by atoms with van der Waals surface area (Å²) in [5.41, 5.74) is 2.85. The molecule has 1 saturated heterocycles. The van der Waals surface area contributed by atoms with Crippen LogP contribution < -0.4 is 5.32 Å². The Labute approximate surface area is 172 Å². The van der Waals surface area contributed by atoms with Crippen molar-refractivity contribution >= 4 is 39.3 Å². The topological polar surface area (TPSA) is 66.5 Å². The number of anilines is 1. The van der Waals surface area contributed by atoms with E-state index in [4.69, 9.17) is 0 Å². The molecule has 0 aromatic heterocycles. The lowest BCUT2D eigenvalue weighted by atomic mass is 9.63. The molecular weight excluding hydrogens is 420 g/mol. The second-order valence-electron chi connectivity index (χ2n) is 8.63. The highest BCUT2D eigenvalue weighted by atomic mass is 79.9. The third-order valence-electron chi connectivity index (χ3n) is 7.31. The van der Waals surface area contributed by atoms with E-state index < -0.39 is 0 Å². The maximum atomic E-state index is 12.9. The molecule has 1 aromatic rings. The highest BCUT2D eigenvalue weighted by molar-refractivity contribution is 9.10. The van der Waals surface area contributed by atoms with Crippen LogP contribution in [0, 0.1) is 49.4 Å². The molecule has 0 radical (unpaired) electrons. The third-order valence-corrected chi connectivity index (χ3v) is 8.17. The smallest absolute Gasteiger partial charge is 0.233 e. The van der Waals surface area contributed by atoms with E-state index >= 15 is 0 Å². The van der Waals surface area contributed by atoms with Gasteiger partial charge >= 0.3 is 0 Å². The summed E-state index contributed by atoms with van der Waals surface area (Å²) in [6, 6.07) is 3.77. The number of imide groups is 1. The van der Waals surface area contributed by atoms with Gasteiger partial charge in [0.05, 0.1) is 11.8 Å². The van der Waals surface area contributed by atoms with Crippen molar-refractivity contribution in [2.75, 3.05) is 11.9 Å². The molecule has 3 fully saturated rings. The van der Waals surface area contributed by atoms with Crippen molar-refractivity contribution in [3.8, 4) is 0 Å². The van der Waals surface area contributed by atoms with Gasteiger partial charge < -0.3 is 5.32 Å². The Morgan fingerprint density at radius 1 is 1.07 bits per heavy atom. The number of nitrogens with zero attached hydrogens (tertiary/aromatic N) is 1. The minimum atomic E-state index is -0.189. The van der Waals surface area contributed by atoms with E-state index in [2.05, 4.69) is 33.4 Å². The zero-order valence-corrected chi connectivity index (χ0v) is 17.5. The first-order valence-electron chi connectivity index (χ1n) is 9.97. The fourth-order valence-corrected chi connectivity index (χ4v) is 6.02. The van der Waals surface area contributed by atoms with Gasteiger partial charge in [0.15, 0.2) is 0 Å². The standard InChI is InChI=1S/C22H23BrN2O3/c1-10-11(2)17(6-5-16(10)23)24-18(26)7-8-25-21(27)19-12-3-4-13(15-9-14(12)15)20(19)22(25)28/h3-6,12-15,19-20H,7-9H2,1-2H3,(H,24,26)/t12-,13+,14-,15-,19+,20+/m1/s1. The highest BCUT2D eigenvalue weighted by Crippen LogP contribution is 2.65. The highest BCUT2D eigenvalue weighted by Gasteiger charge is 2.66. The second kappa shape index (κ2) is 6.28. The van der Waals surface area contributed by atoms with Crippen LogP contribution in [-0.2, 0) is 14.4 Å². The summed E-state index contributed by atoms with van der Waals surface area (Å²) in [6.45, 7) is 4.12. The lowest BCUT2D eigenvalue weighted by molar-refractivity contribution is -0.140. The number of amides is 3. The molecule has 3 amide bonds. The van der Waals surface area contributed by atoms with E-state index in [0.29, 0.717) is 11.8 Å². The van der Waals surface area contributed by atoms with Gasteiger partial charge in [-0.3, -0.25) is 19.3 Å². The number of nitrogens with one attached hydrogen (secondary N) is 1. The molecular formula is C22H23BrN2O3. The molecule has 2 saturated carbocycles. The van der Waals surface area contributed by atoms with Crippen LogP contribution >= 0.6 is 15.9 Å². The van der Waals surface area contributed by atoms with Gasteiger partial charge in [-0.15, -0.1) is 0 Å². The number of halogens is 1. The number of hydrogen-bond acceptors (Lipinski definition) is 3. The van der Waals surface area contributed by atoms with Crippen molar-refractivity contribution in [3.05, 3.63) is 39.9 Å². The largest absolute Gasteiger partial charge is 0.326 e. The lowest BCUT2D eigenvalue weighted by Crippen LogP contribution is -2.40. The van der Waals surface area contributed by atoms with Gasteiger partial charge in [-0.1, -0.05) is 28.1 Å². The van der Waals surface area contributed by atoms with E-state index in [0.717, 1.165) is 27.7 Å². The Hall–Kier alpha value is -1.95. The second-order valence-corrected chi connectivity index (χ2v) is 9.48. The summed E-state index contributed by atoms with van der Waals surface area (Å²) in [5.74, 6) is 0.957. The molecule has 0 spiro atoms. The summed E-state index contributed by atoms with van der Waals surface area (Å²) in [6.07, 6.45) is 5.62. The molecule has 1 aliphatic heterocycles. The van der Waals surface area contributed by atoms with Gasteiger partial charge in [0, 0.05) is 23.1 Å². The Bertz CT molecular complexity index is 904. The maximum absolute atomic E-state index is 12.9. The molecule has 6 rings (SSSR count). The molecule has 5 nitrogen and oxygen atoms in total. The summed E-state index contributed by atoms with van der Waals surface area (Å²) in [5, 5.41) is 2.92. The molecule has 146 valence electrons. The van der Waals surface area contributed by atoms with Gasteiger partial charge in [-0.25, -0.2) is 0 Å². The number of carbonyl (C=O) groups excluding carboxylic acids is 3. The van der Waals surface area contributed by atoms with Crippen molar-refractivity contribution in [3.63, 3.8) is 0 Å². The van der Waals surface area contributed by atoms with E-state index in [9.17, 15) is 14.4 Å². The van der Waals surface area contributed by atoms with Gasteiger partial charge in [0.25, 0.3) is 0 Å². The van der Waals surface area contributed by atoms with Crippen molar-refractivity contribution in [1.82, 2.24) is 4.90 Å². The minimum absolute atomic E-state index is 0.0665. The molecule has 1 heterocycles. The van der Waals surface area contributed by atoms with E-state index in [1.165, 1.54) is 4.90 Å². The van der Waals surface area contributed by atoms with E-state index in [1.807, 2.05) is 26.0 Å². The van der Waals surface area contributed by atoms with Crippen molar-refractivity contribution in [2.45, 2.75) is 26.7 Å². The van der Waals surface area contributed by atoms with E-state index in [1.54, 1.807) is 0 Å². The molecule has 1 aromatic carbocycles. The fraction of sp³-hybridized carbons (Fsp3) is 0.500. The molecule has 6 heteroatoms. The van der Waals surface area contributed by atoms with Crippen LogP contribution in [0.15, 0.2) is 28.8 Å². The minimum Gasteiger partial charge on any atom is -0.326 e. The van der Waals surface area contributed by atoms with Gasteiger partial charge in [-0.2, -0.15) is 0 Å². The summed E-state index contributed by atoms with van der Waals surface area (Å²) >= 11 is 3.49. The van der Waals surface area contributed by atoms with Gasteiger partial charge in [-0.05, 0) is 67.2 Å². The molecule has 0 unspecified atom stereocenters. The third kappa shape index (κ3) is 2.53. The summed E-state index contributed by atoms with van der Waals surface area (Å²) in [4.78, 5) is 39.7. The zero-order chi connectivity index (χ0) is 19.7. The quantitative estimate of drug-likeness (QED) is 0.573. The van der Waals surface area contributed by atoms with Gasteiger partial charge in [0.1, 0.15) is 0 Å². The molecule has 28 heavy (non-hydrogen) atoms. The zero-order valence-electron chi connectivity index (χ0n) is 15.9. The Morgan fingerprint density at radius 2 is 1.68 bits per heavy atom. The first kappa shape index (κ1) is 18.1. The Morgan fingerprint density at radius 3 is 2.29 bits per heavy atom. The first-order chi connectivity index (χ1) is 13.4. The Kier molecular flexibility index (Phi) is 4.06. The average Bonchev–Trinajstić information content (AvgIpc) is 3.46. The Balaban J connectivity index is 1.25. The molecule has 5 aliphatic rings. The predicted molar refractivity (Wildman–Crippen MR) is 108 cm³/mol. The lowest BCUT2D eigenvalue weighted by Gasteiger charge is -2.37. The molecule has 4 aliphatic carbocycles. The number of hydrogen-bond donors (Lipinski definition) is 1. The van der Waals surface area contributed by atoms with Crippen LogP contribution in [0.3, 0.4) is 0 Å². The summed E-state index contributed by atoms with van der Waals surface area (Å²) < 4.78 is 1.00. The van der Waals surface area contributed by atoms with E-state index in [-0.39, 0.29) is 54.4 Å². The molecule has 1 N–H and O–H groups in total. The molecule has 6 atom stereocenters.